The van der Waals surface area contributed by atoms with Crippen molar-refractivity contribution >= 4 is 23.7 Å². The first-order chi connectivity index (χ1) is 18.0. The van der Waals surface area contributed by atoms with Gasteiger partial charge in [-0.1, -0.05) is 25.5 Å². The van der Waals surface area contributed by atoms with Gasteiger partial charge in [-0.15, -0.1) is 0 Å². The number of allylic oxidation sites excluding steroid dienone is 3. The molecule has 5 rings (SSSR count). The summed E-state index contributed by atoms with van der Waals surface area (Å²) in [6.45, 7) is 7.72. The zero-order valence-electron chi connectivity index (χ0n) is 23.5. The fraction of sp³-hybridized carbons (Fsp3) is 0.677. The first-order valence-electron chi connectivity index (χ1n) is 14.0. The maximum atomic E-state index is 13.1. The molecule has 0 radical (unpaired) electrons. The molecule has 0 spiro atoms. The summed E-state index contributed by atoms with van der Waals surface area (Å²) >= 11 is 0. The predicted molar refractivity (Wildman–Crippen MR) is 140 cm³/mol. The van der Waals surface area contributed by atoms with Gasteiger partial charge in [-0.3, -0.25) is 9.59 Å². The highest BCUT2D eigenvalue weighted by molar-refractivity contribution is 6.06. The zero-order chi connectivity index (χ0) is 27.6. The lowest BCUT2D eigenvalue weighted by Gasteiger charge is -2.57. The van der Waals surface area contributed by atoms with Gasteiger partial charge < -0.3 is 14.2 Å². The molecule has 7 atom stereocenters. The monoisotopic (exact) mass is 524 g/mol. The number of ketones is 1. The number of fused-ring (bicyclic) bond motifs is 7. The molecule has 0 bridgehead atoms. The third-order valence-electron chi connectivity index (χ3n) is 10.8. The number of rotatable bonds is 4. The zero-order valence-corrected chi connectivity index (χ0v) is 23.5. The number of methoxy groups -OCH3 is 2. The lowest BCUT2D eigenvalue weighted by atomic mass is 9.47. The van der Waals surface area contributed by atoms with Crippen molar-refractivity contribution in [3.63, 3.8) is 0 Å². The normalized spacial score (nSPS) is 37.7. The first kappa shape index (κ1) is 26.9. The van der Waals surface area contributed by atoms with Crippen molar-refractivity contribution in [3.8, 4) is 0 Å². The molecule has 0 aliphatic heterocycles. The van der Waals surface area contributed by atoms with Crippen molar-refractivity contribution < 1.29 is 33.4 Å². The number of ether oxygens (including phenoxy) is 3. The average Bonchev–Trinajstić information content (AvgIpc) is 3.19. The summed E-state index contributed by atoms with van der Waals surface area (Å²) in [6.07, 6.45) is 8.80. The quantitative estimate of drug-likeness (QED) is 0.289. The highest BCUT2D eigenvalue weighted by Crippen LogP contribution is 2.69. The van der Waals surface area contributed by atoms with Gasteiger partial charge >= 0.3 is 17.9 Å². The van der Waals surface area contributed by atoms with Crippen LogP contribution in [0.3, 0.4) is 0 Å². The first-order valence-corrected chi connectivity index (χ1v) is 14.0. The molecule has 0 N–H and O–H groups in total. The molecule has 0 unspecified atom stereocenters. The Balaban J connectivity index is 1.55. The highest BCUT2D eigenvalue weighted by Gasteiger charge is 2.62. The van der Waals surface area contributed by atoms with E-state index in [1.165, 1.54) is 26.7 Å². The van der Waals surface area contributed by atoms with Crippen molar-refractivity contribution in [2.24, 2.45) is 34.5 Å². The van der Waals surface area contributed by atoms with Gasteiger partial charge in [-0.2, -0.15) is 0 Å². The lowest BCUT2D eigenvalue weighted by molar-refractivity contribution is -0.148. The number of Topliss-reactive ketones (excluding diaryl/α,β-unsaturated/α-hetero) is 1. The van der Waals surface area contributed by atoms with Crippen molar-refractivity contribution in [2.75, 3.05) is 14.2 Å². The van der Waals surface area contributed by atoms with E-state index in [0.717, 1.165) is 50.5 Å². The minimum atomic E-state index is -0.566. The van der Waals surface area contributed by atoms with Crippen LogP contribution in [0.1, 0.15) is 79.1 Å². The Labute approximate surface area is 225 Å². The van der Waals surface area contributed by atoms with E-state index < -0.39 is 11.9 Å². The number of carbonyl (C=O) groups is 4. The number of carbonyl (C=O) groups excluding carboxylic acids is 4. The average molecular weight is 525 g/mol. The number of hydrogen-bond donors (Lipinski definition) is 0. The minimum Gasteiger partial charge on any atom is -0.466 e. The number of esters is 3. The van der Waals surface area contributed by atoms with Gasteiger partial charge in [0, 0.05) is 25.7 Å². The fourth-order valence-electron chi connectivity index (χ4n) is 9.21. The van der Waals surface area contributed by atoms with Crippen molar-refractivity contribution in [3.05, 3.63) is 33.9 Å². The van der Waals surface area contributed by atoms with Crippen LogP contribution in [-0.2, 0) is 33.4 Å². The van der Waals surface area contributed by atoms with Crippen LogP contribution in [0.15, 0.2) is 33.9 Å². The SMILES string of the molecule is COC(=O)C1=C(C(=O)OC)[C@@H]2C[C@H]3[C@@H]4CC=C5C[C@H](OC(C)=O)CC[C@]5(C)[C@H]4CC[C@]3(C)C2=C(C(C)=O)C1. The summed E-state index contributed by atoms with van der Waals surface area (Å²) in [4.78, 5) is 50.5. The molecule has 5 aliphatic rings. The van der Waals surface area contributed by atoms with Crippen LogP contribution in [0.25, 0.3) is 0 Å². The molecular formula is C31H40O7. The molecule has 206 valence electrons. The van der Waals surface area contributed by atoms with E-state index in [1.807, 2.05) is 0 Å². The lowest BCUT2D eigenvalue weighted by Crippen LogP contribution is -2.50. The second-order valence-electron chi connectivity index (χ2n) is 12.5. The minimum absolute atomic E-state index is 0.0408. The van der Waals surface area contributed by atoms with Gasteiger partial charge in [-0.25, -0.2) is 9.59 Å². The molecule has 38 heavy (non-hydrogen) atoms. The van der Waals surface area contributed by atoms with Gasteiger partial charge in [0.25, 0.3) is 0 Å². The molecule has 0 aromatic heterocycles. The van der Waals surface area contributed by atoms with Gasteiger partial charge in [0.15, 0.2) is 5.78 Å². The molecule has 0 amide bonds. The molecule has 3 fully saturated rings. The summed E-state index contributed by atoms with van der Waals surface area (Å²) in [7, 11) is 2.65. The number of hydrogen-bond acceptors (Lipinski definition) is 7. The van der Waals surface area contributed by atoms with E-state index in [0.29, 0.717) is 23.0 Å². The largest absolute Gasteiger partial charge is 0.466 e. The third-order valence-corrected chi connectivity index (χ3v) is 10.8. The Morgan fingerprint density at radius 1 is 0.895 bits per heavy atom. The highest BCUT2D eigenvalue weighted by atomic mass is 16.5. The maximum absolute atomic E-state index is 13.1. The van der Waals surface area contributed by atoms with Crippen molar-refractivity contribution in [1.82, 2.24) is 0 Å². The Bertz CT molecular complexity index is 1190. The molecule has 7 nitrogen and oxygen atoms in total. The van der Waals surface area contributed by atoms with Gasteiger partial charge in [0.05, 0.1) is 25.4 Å². The van der Waals surface area contributed by atoms with Crippen molar-refractivity contribution in [1.29, 1.82) is 0 Å². The molecule has 3 saturated carbocycles. The Morgan fingerprint density at radius 3 is 2.21 bits per heavy atom. The summed E-state index contributed by atoms with van der Waals surface area (Å²) in [6, 6.07) is 0. The maximum Gasteiger partial charge on any atom is 0.334 e. The molecule has 0 saturated heterocycles. The fourth-order valence-corrected chi connectivity index (χ4v) is 9.21. The van der Waals surface area contributed by atoms with Gasteiger partial charge in [0.1, 0.15) is 6.10 Å². The Kier molecular flexibility index (Phi) is 6.72. The van der Waals surface area contributed by atoms with Crippen LogP contribution in [0.4, 0.5) is 0 Å². The summed E-state index contributed by atoms with van der Waals surface area (Å²) in [5.41, 5.74) is 3.63. The van der Waals surface area contributed by atoms with E-state index in [1.54, 1.807) is 6.92 Å². The Morgan fingerprint density at radius 2 is 1.58 bits per heavy atom. The van der Waals surface area contributed by atoms with E-state index in [4.69, 9.17) is 14.2 Å². The molecule has 7 heteroatoms. The topological polar surface area (TPSA) is 96.0 Å². The molecule has 0 heterocycles. The summed E-state index contributed by atoms with van der Waals surface area (Å²) in [5, 5.41) is 0. The second-order valence-corrected chi connectivity index (χ2v) is 12.5. The van der Waals surface area contributed by atoms with Gasteiger partial charge in [0.2, 0.25) is 0 Å². The van der Waals surface area contributed by atoms with E-state index in [2.05, 4.69) is 19.9 Å². The Hall–Kier alpha value is -2.70. The van der Waals surface area contributed by atoms with Crippen LogP contribution in [0, 0.1) is 34.5 Å². The van der Waals surface area contributed by atoms with Crippen molar-refractivity contribution in [2.45, 2.75) is 85.2 Å². The third kappa shape index (κ3) is 3.91. The van der Waals surface area contributed by atoms with Crippen LogP contribution in [-0.4, -0.2) is 44.0 Å². The van der Waals surface area contributed by atoms with Crippen LogP contribution in [0.2, 0.25) is 0 Å². The molecule has 0 aromatic carbocycles. The standard InChI is InChI=1S/C31H40O7/c1-16(32)21-14-23(28(34)36-5)26(29(35)37-6)22-15-25-20-8-7-18-13-19(38-17(2)33)9-11-30(18,3)24(20)10-12-31(25,4)27(21)22/h7,19-20,22,24-25H,8-15H2,1-6H3/t19-,20-,22+,24+,25+,30+,31+/m1/s1. The molecular weight excluding hydrogens is 484 g/mol. The molecule has 0 aromatic rings. The smallest absolute Gasteiger partial charge is 0.334 e. The van der Waals surface area contributed by atoms with Crippen LogP contribution < -0.4 is 0 Å². The summed E-state index contributed by atoms with van der Waals surface area (Å²) < 4.78 is 15.8. The van der Waals surface area contributed by atoms with Gasteiger partial charge in [-0.05, 0) is 85.2 Å². The summed E-state index contributed by atoms with van der Waals surface area (Å²) in [5.74, 6) is -0.445. The predicted octanol–water partition coefficient (Wildman–Crippen LogP) is 5.04. The molecule has 5 aliphatic carbocycles. The van der Waals surface area contributed by atoms with Crippen LogP contribution >= 0.6 is 0 Å². The van der Waals surface area contributed by atoms with E-state index in [-0.39, 0.29) is 52.5 Å². The van der Waals surface area contributed by atoms with E-state index in [9.17, 15) is 19.2 Å². The second kappa shape index (κ2) is 9.49. The van der Waals surface area contributed by atoms with E-state index >= 15 is 0 Å². The van der Waals surface area contributed by atoms with Crippen LogP contribution in [0.5, 0.6) is 0 Å².